The minimum atomic E-state index is -3.57. The van der Waals surface area contributed by atoms with E-state index in [-0.39, 0.29) is 11.4 Å². The monoisotopic (exact) mass is 402 g/mol. The number of ether oxygens (including phenoxy) is 1. The minimum absolute atomic E-state index is 0.268. The summed E-state index contributed by atoms with van der Waals surface area (Å²) >= 11 is 0. The van der Waals surface area contributed by atoms with Gasteiger partial charge in [0.2, 0.25) is 10.0 Å². The lowest BCUT2D eigenvalue weighted by molar-refractivity contribution is 0.409. The molecule has 1 heterocycles. The molecule has 1 saturated heterocycles. The van der Waals surface area contributed by atoms with E-state index in [1.54, 1.807) is 25.3 Å². The topological polar surface area (TPSA) is 58.6 Å². The standard InChI is InChI=1S/C22H30N2O3S/c1-4-19-14-21(11-12-22(19)27-3)28(25,26)23-15-18-7-9-20(10-8-18)24-13-5-6-17(2)16-24/h7-12,14,17,23H,4-6,13,15-16H2,1-3H3/t17-/m0/s1. The van der Waals surface area contributed by atoms with Crippen molar-refractivity contribution < 1.29 is 13.2 Å². The average molecular weight is 403 g/mol. The Balaban J connectivity index is 1.66. The molecular weight excluding hydrogens is 372 g/mol. The lowest BCUT2D eigenvalue weighted by atomic mass is 9.99. The van der Waals surface area contributed by atoms with Crippen molar-refractivity contribution >= 4 is 15.7 Å². The highest BCUT2D eigenvalue weighted by molar-refractivity contribution is 7.89. The predicted octanol–water partition coefficient (Wildman–Crippen LogP) is 3.97. The van der Waals surface area contributed by atoms with Crippen molar-refractivity contribution in [3.8, 4) is 5.75 Å². The Hall–Kier alpha value is -2.05. The van der Waals surface area contributed by atoms with E-state index in [1.807, 2.05) is 19.1 Å². The maximum atomic E-state index is 12.7. The molecule has 1 aliphatic rings. The van der Waals surface area contributed by atoms with Crippen molar-refractivity contribution in [1.82, 2.24) is 4.72 Å². The number of nitrogens with one attached hydrogen (secondary N) is 1. The zero-order valence-corrected chi connectivity index (χ0v) is 17.8. The Labute approximate surface area is 168 Å². The molecule has 0 aromatic heterocycles. The van der Waals surface area contributed by atoms with Gasteiger partial charge in [-0.05, 0) is 66.6 Å². The first-order chi connectivity index (χ1) is 13.4. The van der Waals surface area contributed by atoms with Crippen LogP contribution in [0.25, 0.3) is 0 Å². The van der Waals surface area contributed by atoms with Crippen LogP contribution >= 0.6 is 0 Å². The molecule has 3 rings (SSSR count). The van der Waals surface area contributed by atoms with Gasteiger partial charge in [0.25, 0.3) is 0 Å². The zero-order valence-electron chi connectivity index (χ0n) is 16.9. The molecule has 0 bridgehead atoms. The molecule has 6 heteroatoms. The van der Waals surface area contributed by atoms with E-state index >= 15 is 0 Å². The maximum absolute atomic E-state index is 12.7. The number of benzene rings is 2. The Morgan fingerprint density at radius 3 is 2.57 bits per heavy atom. The number of rotatable bonds is 7. The van der Waals surface area contributed by atoms with Gasteiger partial charge in [-0.1, -0.05) is 26.0 Å². The van der Waals surface area contributed by atoms with Gasteiger partial charge < -0.3 is 9.64 Å². The van der Waals surface area contributed by atoms with E-state index in [0.717, 1.165) is 30.1 Å². The molecule has 1 N–H and O–H groups in total. The largest absolute Gasteiger partial charge is 0.496 e. The summed E-state index contributed by atoms with van der Waals surface area (Å²) in [6, 6.07) is 13.2. The fourth-order valence-corrected chi connectivity index (χ4v) is 4.78. The summed E-state index contributed by atoms with van der Waals surface area (Å²) in [4.78, 5) is 2.68. The predicted molar refractivity (Wildman–Crippen MR) is 113 cm³/mol. The highest BCUT2D eigenvalue weighted by atomic mass is 32.2. The third kappa shape index (κ3) is 4.86. The Bertz CT molecular complexity index is 894. The summed E-state index contributed by atoms with van der Waals surface area (Å²) in [5.41, 5.74) is 3.04. The second-order valence-electron chi connectivity index (χ2n) is 7.51. The molecule has 0 aliphatic carbocycles. The molecule has 0 unspecified atom stereocenters. The molecule has 0 saturated carbocycles. The molecule has 0 spiro atoms. The first-order valence-electron chi connectivity index (χ1n) is 9.93. The Kier molecular flexibility index (Phi) is 6.62. The molecule has 0 amide bonds. The summed E-state index contributed by atoms with van der Waals surface area (Å²) in [7, 11) is -1.98. The van der Waals surface area contributed by atoms with E-state index in [2.05, 4.69) is 28.7 Å². The molecular formula is C22H30N2O3S. The first kappa shape index (κ1) is 20.7. The highest BCUT2D eigenvalue weighted by Gasteiger charge is 2.18. The van der Waals surface area contributed by atoms with Crippen molar-refractivity contribution in [2.75, 3.05) is 25.1 Å². The van der Waals surface area contributed by atoms with Crippen LogP contribution in [0.5, 0.6) is 5.75 Å². The lowest BCUT2D eigenvalue weighted by Gasteiger charge is -2.32. The van der Waals surface area contributed by atoms with Crippen LogP contribution in [0.4, 0.5) is 5.69 Å². The minimum Gasteiger partial charge on any atom is -0.496 e. The number of nitrogens with zero attached hydrogens (tertiary/aromatic N) is 1. The quantitative estimate of drug-likeness (QED) is 0.761. The van der Waals surface area contributed by atoms with Crippen LogP contribution in [-0.2, 0) is 23.0 Å². The van der Waals surface area contributed by atoms with Crippen LogP contribution in [0, 0.1) is 5.92 Å². The smallest absolute Gasteiger partial charge is 0.240 e. The second kappa shape index (κ2) is 8.97. The number of hydrogen-bond acceptors (Lipinski definition) is 4. The SMILES string of the molecule is CCc1cc(S(=O)(=O)NCc2ccc(N3CCC[C@H](C)C3)cc2)ccc1OC. The maximum Gasteiger partial charge on any atom is 0.240 e. The number of aryl methyl sites for hydroxylation is 1. The van der Waals surface area contributed by atoms with Crippen molar-refractivity contribution in [2.45, 2.75) is 44.6 Å². The van der Waals surface area contributed by atoms with Gasteiger partial charge in [-0.15, -0.1) is 0 Å². The lowest BCUT2D eigenvalue weighted by Crippen LogP contribution is -2.34. The summed E-state index contributed by atoms with van der Waals surface area (Å²) in [6.45, 7) is 6.72. The van der Waals surface area contributed by atoms with Crippen LogP contribution in [0.1, 0.15) is 37.8 Å². The zero-order chi connectivity index (χ0) is 20.1. The van der Waals surface area contributed by atoms with Crippen molar-refractivity contribution in [2.24, 2.45) is 5.92 Å². The fourth-order valence-electron chi connectivity index (χ4n) is 3.71. The van der Waals surface area contributed by atoms with Gasteiger partial charge >= 0.3 is 0 Å². The average Bonchev–Trinajstić information content (AvgIpc) is 2.72. The second-order valence-corrected chi connectivity index (χ2v) is 9.28. The van der Waals surface area contributed by atoms with Crippen LogP contribution in [-0.4, -0.2) is 28.6 Å². The summed E-state index contributed by atoms with van der Waals surface area (Å²) in [5, 5.41) is 0. The van der Waals surface area contributed by atoms with Gasteiger partial charge in [-0.2, -0.15) is 0 Å². The molecule has 5 nitrogen and oxygen atoms in total. The van der Waals surface area contributed by atoms with Gasteiger partial charge in [-0.3, -0.25) is 0 Å². The number of hydrogen-bond donors (Lipinski definition) is 1. The third-order valence-electron chi connectivity index (χ3n) is 5.37. The van der Waals surface area contributed by atoms with E-state index in [4.69, 9.17) is 4.74 Å². The summed E-state index contributed by atoms with van der Waals surface area (Å²) < 4.78 is 33.3. The molecule has 28 heavy (non-hydrogen) atoms. The van der Waals surface area contributed by atoms with E-state index in [0.29, 0.717) is 12.2 Å². The number of anilines is 1. The summed E-state index contributed by atoms with van der Waals surface area (Å²) in [6.07, 6.45) is 3.23. The Morgan fingerprint density at radius 1 is 1.18 bits per heavy atom. The molecule has 2 aromatic rings. The first-order valence-corrected chi connectivity index (χ1v) is 11.4. The van der Waals surface area contributed by atoms with Gasteiger partial charge in [-0.25, -0.2) is 13.1 Å². The fraction of sp³-hybridized carbons (Fsp3) is 0.455. The van der Waals surface area contributed by atoms with Gasteiger partial charge in [0, 0.05) is 25.3 Å². The molecule has 1 fully saturated rings. The Morgan fingerprint density at radius 2 is 1.93 bits per heavy atom. The number of sulfonamides is 1. The van der Waals surface area contributed by atoms with Crippen molar-refractivity contribution in [3.05, 3.63) is 53.6 Å². The van der Waals surface area contributed by atoms with Crippen LogP contribution in [0.2, 0.25) is 0 Å². The van der Waals surface area contributed by atoms with Gasteiger partial charge in [0.15, 0.2) is 0 Å². The highest BCUT2D eigenvalue weighted by Crippen LogP contribution is 2.24. The third-order valence-corrected chi connectivity index (χ3v) is 6.77. The molecule has 152 valence electrons. The number of piperidine rings is 1. The van der Waals surface area contributed by atoms with Crippen LogP contribution < -0.4 is 14.4 Å². The summed E-state index contributed by atoms with van der Waals surface area (Å²) in [5.74, 6) is 1.43. The number of methoxy groups -OCH3 is 1. The molecule has 1 aliphatic heterocycles. The molecule has 1 atom stereocenters. The van der Waals surface area contributed by atoms with Crippen molar-refractivity contribution in [1.29, 1.82) is 0 Å². The van der Waals surface area contributed by atoms with Crippen molar-refractivity contribution in [3.63, 3.8) is 0 Å². The van der Waals surface area contributed by atoms with E-state index in [9.17, 15) is 8.42 Å². The molecule has 2 aromatic carbocycles. The van der Waals surface area contributed by atoms with Crippen LogP contribution in [0.3, 0.4) is 0 Å². The van der Waals surface area contributed by atoms with Gasteiger partial charge in [0.1, 0.15) is 5.75 Å². The normalized spacial score (nSPS) is 17.5. The van der Waals surface area contributed by atoms with E-state index < -0.39 is 10.0 Å². The van der Waals surface area contributed by atoms with Crippen LogP contribution in [0.15, 0.2) is 47.4 Å². The molecule has 0 radical (unpaired) electrons. The van der Waals surface area contributed by atoms with Gasteiger partial charge in [0.05, 0.1) is 12.0 Å². The van der Waals surface area contributed by atoms with E-state index in [1.165, 1.54) is 18.5 Å².